The average molecular weight is 322 g/mol. The number of halogens is 7. The van der Waals surface area contributed by atoms with Gasteiger partial charge in [-0.3, -0.25) is 0 Å². The molecule has 2 rings (SSSR count). The molecule has 0 nitrogen and oxygen atoms in total. The molecule has 0 unspecified atom stereocenters. The van der Waals surface area contributed by atoms with Crippen LogP contribution in [0.15, 0.2) is 54.6 Å². The quantitative estimate of drug-likeness (QED) is 0.641. The van der Waals surface area contributed by atoms with E-state index in [1.165, 1.54) is 0 Å². The van der Waals surface area contributed by atoms with E-state index in [1.807, 2.05) is 0 Å². The van der Waals surface area contributed by atoms with Gasteiger partial charge in [-0.15, -0.1) is 0 Å². The maximum absolute atomic E-state index is 13.5. The van der Waals surface area contributed by atoms with Crippen molar-refractivity contribution in [3.63, 3.8) is 0 Å². The third-order valence-electron chi connectivity index (χ3n) is 3.10. The van der Waals surface area contributed by atoms with Crippen molar-refractivity contribution in [2.24, 2.45) is 0 Å². The van der Waals surface area contributed by atoms with E-state index in [0.717, 1.165) is 12.1 Å². The molecule has 0 atom stereocenters. The summed E-state index contributed by atoms with van der Waals surface area (Å²) in [7, 11) is 0. The topological polar surface area (TPSA) is 0 Å². The van der Waals surface area contributed by atoms with Crippen LogP contribution in [0.4, 0.5) is 30.7 Å². The first-order chi connectivity index (χ1) is 10.1. The minimum atomic E-state index is -6.34. The second-order valence-electron chi connectivity index (χ2n) is 4.59. The van der Waals surface area contributed by atoms with Gasteiger partial charge in [0.1, 0.15) is 0 Å². The molecule has 0 saturated heterocycles. The van der Waals surface area contributed by atoms with Crippen LogP contribution in [0.25, 0.3) is 11.1 Å². The molecule has 0 N–H and O–H groups in total. The Morgan fingerprint density at radius 2 is 1.00 bits per heavy atom. The normalized spacial score (nSPS) is 13.2. The van der Waals surface area contributed by atoms with Gasteiger partial charge >= 0.3 is 18.0 Å². The predicted molar refractivity (Wildman–Crippen MR) is 66.8 cm³/mol. The van der Waals surface area contributed by atoms with Crippen LogP contribution in [0.1, 0.15) is 5.56 Å². The van der Waals surface area contributed by atoms with E-state index in [9.17, 15) is 30.7 Å². The molecule has 0 radical (unpaired) electrons. The average Bonchev–Trinajstić information content (AvgIpc) is 2.47. The molecule has 2 aromatic carbocycles. The summed E-state index contributed by atoms with van der Waals surface area (Å²) in [5.41, 5.74) is -0.343. The number of hydrogen-bond acceptors (Lipinski definition) is 0. The van der Waals surface area contributed by atoms with Gasteiger partial charge in [0.15, 0.2) is 0 Å². The Bertz CT molecular complexity index is 627. The summed E-state index contributed by atoms with van der Waals surface area (Å²) >= 11 is 0. The van der Waals surface area contributed by atoms with Crippen LogP contribution >= 0.6 is 0 Å². The lowest BCUT2D eigenvalue weighted by molar-refractivity contribution is -0.359. The van der Waals surface area contributed by atoms with E-state index >= 15 is 0 Å². The molecular weight excluding hydrogens is 313 g/mol. The lowest BCUT2D eigenvalue weighted by Gasteiger charge is -2.28. The van der Waals surface area contributed by atoms with Crippen LogP contribution < -0.4 is 0 Å². The molecule has 0 aliphatic rings. The minimum absolute atomic E-state index is 0.426. The molecule has 118 valence electrons. The maximum atomic E-state index is 13.5. The Kier molecular flexibility index (Phi) is 3.93. The van der Waals surface area contributed by atoms with Crippen LogP contribution in [0.3, 0.4) is 0 Å². The van der Waals surface area contributed by atoms with Crippen LogP contribution in [0.2, 0.25) is 0 Å². The van der Waals surface area contributed by atoms with Crippen LogP contribution in [0.5, 0.6) is 0 Å². The van der Waals surface area contributed by atoms with Crippen LogP contribution in [-0.4, -0.2) is 12.1 Å². The van der Waals surface area contributed by atoms with Crippen LogP contribution in [0, 0.1) is 0 Å². The Hall–Kier alpha value is -2.05. The standard InChI is InChI=1S/C15H9F7/c16-13(17,14(18,19)15(20,21)22)12-8-6-11(7-9-12)10-4-2-1-3-5-10/h1-9H. The van der Waals surface area contributed by atoms with Gasteiger partial charge < -0.3 is 0 Å². The maximum Gasteiger partial charge on any atom is 0.460 e. The number of hydrogen-bond donors (Lipinski definition) is 0. The zero-order chi connectivity index (χ0) is 16.6. The lowest BCUT2D eigenvalue weighted by Crippen LogP contribution is -2.49. The summed E-state index contributed by atoms with van der Waals surface area (Å²) in [6, 6.07) is 11.7. The van der Waals surface area contributed by atoms with E-state index in [2.05, 4.69) is 0 Å². The van der Waals surface area contributed by atoms with Crippen molar-refractivity contribution in [2.75, 3.05) is 0 Å². The van der Waals surface area contributed by atoms with Crippen molar-refractivity contribution < 1.29 is 30.7 Å². The zero-order valence-electron chi connectivity index (χ0n) is 10.8. The van der Waals surface area contributed by atoms with E-state index < -0.39 is 23.6 Å². The van der Waals surface area contributed by atoms with Gasteiger partial charge in [0, 0.05) is 5.56 Å². The lowest BCUT2D eigenvalue weighted by atomic mass is 9.98. The number of benzene rings is 2. The molecule has 0 spiro atoms. The van der Waals surface area contributed by atoms with Crippen LogP contribution in [-0.2, 0) is 5.92 Å². The van der Waals surface area contributed by atoms with Crippen molar-refractivity contribution in [3.8, 4) is 11.1 Å². The van der Waals surface area contributed by atoms with Gasteiger partial charge in [0.05, 0.1) is 0 Å². The van der Waals surface area contributed by atoms with E-state index in [4.69, 9.17) is 0 Å². The summed E-state index contributed by atoms with van der Waals surface area (Å²) in [6.45, 7) is 0. The Labute approximate surface area is 121 Å². The second kappa shape index (κ2) is 5.30. The van der Waals surface area contributed by atoms with E-state index in [-0.39, 0.29) is 0 Å². The molecule has 7 heteroatoms. The third kappa shape index (κ3) is 2.67. The molecule has 0 heterocycles. The van der Waals surface area contributed by atoms with Gasteiger partial charge in [0.2, 0.25) is 0 Å². The first-order valence-corrected chi connectivity index (χ1v) is 6.05. The van der Waals surface area contributed by atoms with Crippen molar-refractivity contribution in [1.82, 2.24) is 0 Å². The monoisotopic (exact) mass is 322 g/mol. The van der Waals surface area contributed by atoms with Gasteiger partial charge in [-0.05, 0) is 11.1 Å². The van der Waals surface area contributed by atoms with Crippen molar-refractivity contribution >= 4 is 0 Å². The first kappa shape index (κ1) is 16.3. The highest BCUT2D eigenvalue weighted by atomic mass is 19.4. The summed E-state index contributed by atoms with van der Waals surface area (Å²) in [6.07, 6.45) is -6.34. The number of alkyl halides is 7. The summed E-state index contributed by atoms with van der Waals surface area (Å²) in [5, 5.41) is 0. The highest BCUT2D eigenvalue weighted by molar-refractivity contribution is 5.63. The second-order valence-corrected chi connectivity index (χ2v) is 4.59. The molecule has 0 aliphatic heterocycles. The molecule has 2 aromatic rings. The molecule has 0 amide bonds. The van der Waals surface area contributed by atoms with E-state index in [0.29, 0.717) is 23.3 Å². The molecule has 0 bridgehead atoms. The molecular formula is C15H9F7. The fourth-order valence-corrected chi connectivity index (χ4v) is 1.86. The minimum Gasteiger partial charge on any atom is -0.194 e. The Morgan fingerprint density at radius 3 is 1.45 bits per heavy atom. The SMILES string of the molecule is FC(F)(F)C(F)(F)C(F)(F)c1ccc(-c2ccccc2)cc1. The first-order valence-electron chi connectivity index (χ1n) is 6.05. The summed E-state index contributed by atoms with van der Waals surface area (Å²) in [4.78, 5) is 0. The molecule has 0 fully saturated rings. The molecule has 0 saturated carbocycles. The summed E-state index contributed by atoms with van der Waals surface area (Å²) < 4.78 is 89.3. The largest absolute Gasteiger partial charge is 0.460 e. The Balaban J connectivity index is 2.38. The third-order valence-corrected chi connectivity index (χ3v) is 3.10. The molecule has 0 aromatic heterocycles. The van der Waals surface area contributed by atoms with Crippen molar-refractivity contribution in [2.45, 2.75) is 18.0 Å². The van der Waals surface area contributed by atoms with Crippen molar-refractivity contribution in [3.05, 3.63) is 60.2 Å². The highest BCUT2D eigenvalue weighted by Gasteiger charge is 2.73. The van der Waals surface area contributed by atoms with Gasteiger partial charge in [-0.2, -0.15) is 30.7 Å². The van der Waals surface area contributed by atoms with Gasteiger partial charge in [-0.1, -0.05) is 54.6 Å². The summed E-state index contributed by atoms with van der Waals surface area (Å²) in [5.74, 6) is -11.5. The van der Waals surface area contributed by atoms with Crippen molar-refractivity contribution in [1.29, 1.82) is 0 Å². The highest BCUT2D eigenvalue weighted by Crippen LogP contribution is 2.51. The number of rotatable bonds is 3. The fourth-order valence-electron chi connectivity index (χ4n) is 1.86. The van der Waals surface area contributed by atoms with E-state index in [1.54, 1.807) is 30.3 Å². The molecule has 22 heavy (non-hydrogen) atoms. The van der Waals surface area contributed by atoms with Gasteiger partial charge in [-0.25, -0.2) is 0 Å². The fraction of sp³-hybridized carbons (Fsp3) is 0.200. The van der Waals surface area contributed by atoms with Gasteiger partial charge in [0.25, 0.3) is 0 Å². The predicted octanol–water partition coefficient (Wildman–Crippen LogP) is 5.64. The molecule has 0 aliphatic carbocycles. The smallest absolute Gasteiger partial charge is 0.194 e. The zero-order valence-corrected chi connectivity index (χ0v) is 10.8. The Morgan fingerprint density at radius 1 is 0.545 bits per heavy atom.